The van der Waals surface area contributed by atoms with Crippen molar-refractivity contribution in [3.63, 3.8) is 0 Å². The molecular formula is C10H12Cl2F6O4S. The molecule has 0 heterocycles. The molecule has 0 bridgehead atoms. The number of ether oxygens (including phenoxy) is 1. The highest BCUT2D eigenvalue weighted by atomic mass is 35.5. The lowest BCUT2D eigenvalue weighted by Gasteiger charge is -2.24. The molecule has 0 saturated heterocycles. The normalized spacial score (nSPS) is 17.4. The van der Waals surface area contributed by atoms with Crippen LogP contribution in [0, 0.1) is 0 Å². The molecule has 138 valence electrons. The maximum absolute atomic E-state index is 13.4. The van der Waals surface area contributed by atoms with Crippen LogP contribution in [0.25, 0.3) is 0 Å². The molecule has 0 aliphatic rings. The van der Waals surface area contributed by atoms with Gasteiger partial charge in [0, 0.05) is 6.42 Å². The van der Waals surface area contributed by atoms with E-state index >= 15 is 0 Å². The molecule has 0 N–H and O–H groups in total. The quantitative estimate of drug-likeness (QED) is 0.348. The zero-order chi connectivity index (χ0) is 18.7. The van der Waals surface area contributed by atoms with E-state index in [4.69, 9.17) is 11.6 Å². The van der Waals surface area contributed by atoms with Gasteiger partial charge in [-0.25, -0.2) is 12.8 Å². The fourth-order valence-electron chi connectivity index (χ4n) is 1.43. The van der Waals surface area contributed by atoms with Crippen LogP contribution in [0.5, 0.6) is 0 Å². The second-order valence-corrected chi connectivity index (χ2v) is 7.86. The Kier molecular flexibility index (Phi) is 7.50. The van der Waals surface area contributed by atoms with Crippen molar-refractivity contribution in [3.05, 3.63) is 0 Å². The number of halogens is 8. The van der Waals surface area contributed by atoms with Crippen LogP contribution < -0.4 is 0 Å². The van der Waals surface area contributed by atoms with Crippen LogP contribution >= 0.6 is 23.2 Å². The summed E-state index contributed by atoms with van der Waals surface area (Å²) in [5.41, 5.74) is 0. The van der Waals surface area contributed by atoms with Gasteiger partial charge in [0.2, 0.25) is 0 Å². The van der Waals surface area contributed by atoms with Gasteiger partial charge >= 0.3 is 17.5 Å². The van der Waals surface area contributed by atoms with Crippen LogP contribution in [0.4, 0.5) is 26.3 Å². The Morgan fingerprint density at radius 2 is 1.57 bits per heavy atom. The van der Waals surface area contributed by atoms with Crippen molar-refractivity contribution >= 4 is 39.0 Å². The standard InChI is InChI=1S/C10H12Cl2F6O4S/c1-22-7(19)6(2-3-8(11,13)10(12,17)18)23(20,21)5-4-9(14,15)16/h6H,2-5H2,1H3. The topological polar surface area (TPSA) is 60.4 Å². The molecule has 0 rings (SSSR count). The molecule has 0 aromatic heterocycles. The van der Waals surface area contributed by atoms with Gasteiger partial charge in [-0.15, -0.1) is 0 Å². The summed E-state index contributed by atoms with van der Waals surface area (Å²) in [7, 11) is -4.01. The molecular weight excluding hydrogens is 401 g/mol. The van der Waals surface area contributed by atoms with Gasteiger partial charge in [-0.2, -0.15) is 22.0 Å². The Morgan fingerprint density at radius 1 is 1.09 bits per heavy atom. The van der Waals surface area contributed by atoms with Crippen molar-refractivity contribution in [2.24, 2.45) is 0 Å². The van der Waals surface area contributed by atoms with E-state index in [0.717, 1.165) is 7.11 Å². The first kappa shape index (κ1) is 22.6. The molecule has 4 nitrogen and oxygen atoms in total. The summed E-state index contributed by atoms with van der Waals surface area (Å²) in [5.74, 6) is -3.01. The number of carbonyl (C=O) groups is 1. The number of rotatable bonds is 8. The predicted molar refractivity (Wildman–Crippen MR) is 70.0 cm³/mol. The van der Waals surface area contributed by atoms with Gasteiger partial charge in [0.15, 0.2) is 15.1 Å². The van der Waals surface area contributed by atoms with Crippen molar-refractivity contribution in [2.75, 3.05) is 12.9 Å². The predicted octanol–water partition coefficient (Wildman–Crippen LogP) is 3.41. The van der Waals surface area contributed by atoms with Gasteiger partial charge < -0.3 is 4.74 Å². The number of alkyl halides is 8. The first-order valence-corrected chi connectivity index (χ1v) is 8.31. The Bertz CT molecular complexity index is 514. The summed E-state index contributed by atoms with van der Waals surface area (Å²) in [6, 6.07) is 0. The van der Waals surface area contributed by atoms with Crippen molar-refractivity contribution in [1.29, 1.82) is 0 Å². The van der Waals surface area contributed by atoms with Crippen molar-refractivity contribution < 1.29 is 44.3 Å². The van der Waals surface area contributed by atoms with E-state index in [9.17, 15) is 39.6 Å². The molecule has 0 aromatic carbocycles. The highest BCUT2D eigenvalue weighted by Gasteiger charge is 2.53. The molecule has 0 aromatic rings. The van der Waals surface area contributed by atoms with E-state index < -0.39 is 62.8 Å². The zero-order valence-electron chi connectivity index (χ0n) is 11.5. The Balaban J connectivity index is 5.21. The number of hydrogen-bond acceptors (Lipinski definition) is 4. The monoisotopic (exact) mass is 412 g/mol. The lowest BCUT2D eigenvalue weighted by atomic mass is 10.1. The summed E-state index contributed by atoms with van der Waals surface area (Å²) in [6.45, 7) is 0. The van der Waals surface area contributed by atoms with Crippen LogP contribution in [-0.2, 0) is 19.4 Å². The highest BCUT2D eigenvalue weighted by Crippen LogP contribution is 2.43. The number of esters is 1. The summed E-state index contributed by atoms with van der Waals surface area (Å²) in [5, 5.41) is -10.7. The van der Waals surface area contributed by atoms with Crippen molar-refractivity contribution in [2.45, 2.75) is 41.2 Å². The summed E-state index contributed by atoms with van der Waals surface area (Å²) < 4.78 is 103. The van der Waals surface area contributed by atoms with E-state index in [1.165, 1.54) is 0 Å². The smallest absolute Gasteiger partial charge is 0.390 e. The van der Waals surface area contributed by atoms with E-state index in [1.54, 1.807) is 0 Å². The van der Waals surface area contributed by atoms with Crippen molar-refractivity contribution in [1.82, 2.24) is 0 Å². The Hall–Kier alpha value is -0.420. The maximum atomic E-state index is 13.4. The van der Waals surface area contributed by atoms with Crippen molar-refractivity contribution in [3.8, 4) is 0 Å². The number of hydrogen-bond donors (Lipinski definition) is 0. The average molecular weight is 413 g/mol. The van der Waals surface area contributed by atoms with Crippen LogP contribution in [-0.4, -0.2) is 49.2 Å². The summed E-state index contributed by atoms with van der Waals surface area (Å²) in [4.78, 5) is 11.4. The first-order chi connectivity index (χ1) is 10.0. The van der Waals surface area contributed by atoms with Crippen LogP contribution in [0.1, 0.15) is 19.3 Å². The molecule has 23 heavy (non-hydrogen) atoms. The minimum absolute atomic E-state index is 0.730. The van der Waals surface area contributed by atoms with E-state index in [0.29, 0.717) is 0 Å². The minimum Gasteiger partial charge on any atom is -0.468 e. The van der Waals surface area contributed by atoms with Crippen LogP contribution in [0.15, 0.2) is 0 Å². The third-order valence-corrected chi connectivity index (χ3v) is 5.59. The SMILES string of the molecule is COC(=O)C(CCC(F)(Cl)C(F)(F)Cl)S(=O)(=O)CCC(F)(F)F. The Morgan fingerprint density at radius 3 is 1.91 bits per heavy atom. The first-order valence-electron chi connectivity index (χ1n) is 5.84. The molecule has 0 aliphatic heterocycles. The van der Waals surface area contributed by atoms with Gasteiger partial charge in [0.05, 0.1) is 19.3 Å². The summed E-state index contributed by atoms with van der Waals surface area (Å²) >= 11 is 9.23. The number of sulfone groups is 1. The zero-order valence-corrected chi connectivity index (χ0v) is 13.8. The second kappa shape index (κ2) is 7.64. The average Bonchev–Trinajstić information content (AvgIpc) is 2.33. The number of methoxy groups -OCH3 is 1. The largest absolute Gasteiger partial charge is 0.468 e. The minimum atomic E-state index is -4.83. The van der Waals surface area contributed by atoms with Gasteiger partial charge in [-0.1, -0.05) is 11.6 Å². The molecule has 0 amide bonds. The lowest BCUT2D eigenvalue weighted by Crippen LogP contribution is -2.39. The van der Waals surface area contributed by atoms with Crippen LogP contribution in [0.2, 0.25) is 0 Å². The van der Waals surface area contributed by atoms with E-state index in [-0.39, 0.29) is 0 Å². The highest BCUT2D eigenvalue weighted by molar-refractivity contribution is 7.92. The van der Waals surface area contributed by atoms with E-state index in [1.807, 2.05) is 0 Å². The molecule has 0 radical (unpaired) electrons. The summed E-state index contributed by atoms with van der Waals surface area (Å²) in [6.07, 6.45) is -9.13. The third-order valence-electron chi connectivity index (χ3n) is 2.70. The molecule has 13 heteroatoms. The maximum Gasteiger partial charge on any atom is 0.390 e. The molecule has 0 aliphatic carbocycles. The molecule has 0 fully saturated rings. The Labute approximate surface area is 138 Å². The van der Waals surface area contributed by atoms with Gasteiger partial charge in [0.1, 0.15) is 0 Å². The van der Waals surface area contributed by atoms with Gasteiger partial charge in [-0.3, -0.25) is 4.79 Å². The van der Waals surface area contributed by atoms with E-state index in [2.05, 4.69) is 16.3 Å². The number of carbonyl (C=O) groups excluding carboxylic acids is 1. The second-order valence-electron chi connectivity index (χ2n) is 4.48. The fourth-order valence-corrected chi connectivity index (χ4v) is 3.30. The van der Waals surface area contributed by atoms with Crippen LogP contribution in [0.3, 0.4) is 0 Å². The molecule has 2 atom stereocenters. The van der Waals surface area contributed by atoms with Gasteiger partial charge in [-0.05, 0) is 18.0 Å². The molecule has 0 spiro atoms. The van der Waals surface area contributed by atoms with Gasteiger partial charge in [0.25, 0.3) is 5.13 Å². The molecule has 2 unspecified atom stereocenters. The fraction of sp³-hybridized carbons (Fsp3) is 0.900. The lowest BCUT2D eigenvalue weighted by molar-refractivity contribution is -0.140. The third kappa shape index (κ3) is 7.34. The molecule has 0 saturated carbocycles.